The summed E-state index contributed by atoms with van der Waals surface area (Å²) >= 11 is 0. The monoisotopic (exact) mass is 338 g/mol. The zero-order valence-corrected chi connectivity index (χ0v) is 11.6. The molecule has 118 valence electrons. The van der Waals surface area contributed by atoms with E-state index in [2.05, 4.69) is 9.47 Å². The Balaban J connectivity index is 5.77. The van der Waals surface area contributed by atoms with Crippen molar-refractivity contribution in [3.05, 3.63) is 0 Å². The topological polar surface area (TPSA) is 208 Å². The quantitative estimate of drug-likeness (QED) is 0.275. The van der Waals surface area contributed by atoms with E-state index in [1.807, 2.05) is 0 Å². The first kappa shape index (κ1) is 18.8. The highest BCUT2D eigenvalue weighted by Gasteiger charge is 2.63. The molecule has 6 N–H and O–H groups in total. The van der Waals surface area contributed by atoms with Gasteiger partial charge in [0.15, 0.2) is 6.10 Å². The summed E-state index contributed by atoms with van der Waals surface area (Å²) in [5, 5.41) is 16.7. The second-order valence-electron chi connectivity index (χ2n) is 3.63. The number of carboxylic acid groups (broad SMARTS) is 2. The van der Waals surface area contributed by atoms with Crippen molar-refractivity contribution in [2.24, 2.45) is 0 Å². The number of carbonyl (C=O) groups is 2. The zero-order valence-electron chi connectivity index (χ0n) is 9.81. The molecule has 0 aromatic rings. The van der Waals surface area contributed by atoms with Gasteiger partial charge >= 0.3 is 27.5 Å². The maximum absolute atomic E-state index is 11.3. The predicted molar refractivity (Wildman–Crippen MR) is 59.4 cm³/mol. The Morgan fingerprint density at radius 3 is 1.70 bits per heavy atom. The molecular weight excluding hydrogens is 326 g/mol. The van der Waals surface area contributed by atoms with E-state index in [1.165, 1.54) is 0 Å². The Morgan fingerprint density at radius 2 is 1.45 bits per heavy atom. The van der Waals surface area contributed by atoms with Gasteiger partial charge in [-0.2, -0.15) is 0 Å². The van der Waals surface area contributed by atoms with Gasteiger partial charge in [0.2, 0.25) is 4.90 Å². The largest absolute Gasteiger partial charge is 0.506 e. The van der Waals surface area contributed by atoms with E-state index in [9.17, 15) is 18.7 Å². The molecule has 14 heteroatoms. The van der Waals surface area contributed by atoms with Crippen LogP contribution in [-0.4, -0.2) is 59.7 Å². The third-order valence-corrected chi connectivity index (χ3v) is 6.89. The SMILES string of the molecule is CC(C(COC(=O)O)OC(=O)O)(P(=O)(O)O)P(=O)(O)O. The second-order valence-corrected chi connectivity index (χ2v) is 8.02. The number of ether oxygens (including phenoxy) is 2. The van der Waals surface area contributed by atoms with Crippen molar-refractivity contribution in [3.63, 3.8) is 0 Å². The molecule has 0 aromatic heterocycles. The molecule has 0 rings (SSSR count). The van der Waals surface area contributed by atoms with Crippen LogP contribution in [0.1, 0.15) is 6.92 Å². The normalized spacial score (nSPS) is 14.4. The van der Waals surface area contributed by atoms with Crippen molar-refractivity contribution in [1.29, 1.82) is 0 Å². The Morgan fingerprint density at radius 1 is 1.05 bits per heavy atom. The Kier molecular flexibility index (Phi) is 5.73. The van der Waals surface area contributed by atoms with E-state index < -0.39 is 45.1 Å². The van der Waals surface area contributed by atoms with Crippen LogP contribution in [0.4, 0.5) is 9.59 Å². The molecule has 0 bridgehead atoms. The van der Waals surface area contributed by atoms with Crippen LogP contribution < -0.4 is 0 Å². The van der Waals surface area contributed by atoms with Gasteiger partial charge in [0.25, 0.3) is 0 Å². The minimum atomic E-state index is -5.61. The Bertz CT molecular complexity index is 450. The van der Waals surface area contributed by atoms with E-state index in [0.717, 1.165) is 0 Å². The molecule has 0 spiro atoms. The standard InChI is InChI=1S/C6H12O12P2/c1-6(19(11,12)13,20(14,15)16)3(18-5(9)10)2-17-4(7)8/h3H,2H2,1H3,(H,7,8)(H,9,10)(H2,11,12,13)(H2,14,15,16). The lowest BCUT2D eigenvalue weighted by Crippen LogP contribution is -2.45. The van der Waals surface area contributed by atoms with E-state index >= 15 is 0 Å². The van der Waals surface area contributed by atoms with Crippen molar-refractivity contribution in [2.45, 2.75) is 17.9 Å². The van der Waals surface area contributed by atoms with Crippen LogP contribution in [0.25, 0.3) is 0 Å². The van der Waals surface area contributed by atoms with Crippen LogP contribution in [0.15, 0.2) is 0 Å². The van der Waals surface area contributed by atoms with Crippen LogP contribution in [-0.2, 0) is 18.6 Å². The summed E-state index contributed by atoms with van der Waals surface area (Å²) in [5.74, 6) is 0. The van der Waals surface area contributed by atoms with Crippen LogP contribution in [0, 0.1) is 0 Å². The molecule has 0 saturated heterocycles. The lowest BCUT2D eigenvalue weighted by molar-refractivity contribution is -0.00547. The molecule has 1 atom stereocenters. The van der Waals surface area contributed by atoms with Gasteiger partial charge < -0.3 is 39.3 Å². The van der Waals surface area contributed by atoms with Gasteiger partial charge in [-0.05, 0) is 6.92 Å². The molecule has 0 radical (unpaired) electrons. The summed E-state index contributed by atoms with van der Waals surface area (Å²) in [4.78, 5) is 53.6. The number of hydrogen-bond donors (Lipinski definition) is 6. The molecule has 20 heavy (non-hydrogen) atoms. The highest BCUT2D eigenvalue weighted by atomic mass is 31.2. The van der Waals surface area contributed by atoms with E-state index in [0.29, 0.717) is 6.92 Å². The fourth-order valence-electron chi connectivity index (χ4n) is 1.12. The van der Waals surface area contributed by atoms with Crippen molar-refractivity contribution in [2.75, 3.05) is 6.61 Å². The van der Waals surface area contributed by atoms with Gasteiger partial charge in [0.1, 0.15) is 6.61 Å². The molecule has 0 fully saturated rings. The van der Waals surface area contributed by atoms with Crippen molar-refractivity contribution in [1.82, 2.24) is 0 Å². The first-order valence-electron chi connectivity index (χ1n) is 4.60. The zero-order chi connectivity index (χ0) is 16.4. The second kappa shape index (κ2) is 6.08. The van der Waals surface area contributed by atoms with Crippen molar-refractivity contribution < 1.29 is 58.0 Å². The Labute approximate surface area is 111 Å². The fourth-order valence-corrected chi connectivity index (χ4v) is 3.48. The van der Waals surface area contributed by atoms with E-state index in [-0.39, 0.29) is 0 Å². The third kappa shape index (κ3) is 4.17. The average Bonchev–Trinajstić information content (AvgIpc) is 2.18. The molecule has 1 unspecified atom stereocenters. The molecule has 0 aliphatic carbocycles. The molecule has 0 heterocycles. The molecule has 0 aliphatic rings. The summed E-state index contributed by atoms with van der Waals surface area (Å²) in [6.45, 7) is -0.943. The van der Waals surface area contributed by atoms with Crippen LogP contribution >= 0.6 is 15.2 Å². The van der Waals surface area contributed by atoms with Gasteiger partial charge in [0, 0.05) is 0 Å². The van der Waals surface area contributed by atoms with E-state index in [4.69, 9.17) is 29.8 Å². The molecule has 12 nitrogen and oxygen atoms in total. The summed E-state index contributed by atoms with van der Waals surface area (Å²) in [5.41, 5.74) is 0. The lowest BCUT2D eigenvalue weighted by atomic mass is 10.3. The maximum atomic E-state index is 11.3. The number of rotatable bonds is 6. The minimum absolute atomic E-state index is 0.368. The smallest absolute Gasteiger partial charge is 0.450 e. The Hall–Kier alpha value is -1.16. The lowest BCUT2D eigenvalue weighted by Gasteiger charge is -2.35. The fraction of sp³-hybridized carbons (Fsp3) is 0.667. The highest BCUT2D eigenvalue weighted by molar-refractivity contribution is 7.72. The van der Waals surface area contributed by atoms with Crippen molar-refractivity contribution in [3.8, 4) is 0 Å². The minimum Gasteiger partial charge on any atom is -0.450 e. The van der Waals surface area contributed by atoms with Gasteiger partial charge in [0.05, 0.1) is 0 Å². The summed E-state index contributed by atoms with van der Waals surface area (Å²) < 4.78 is 30.4. The molecule has 0 amide bonds. The summed E-state index contributed by atoms with van der Waals surface area (Å²) in [6.07, 6.45) is -6.50. The first-order valence-corrected chi connectivity index (χ1v) is 7.82. The van der Waals surface area contributed by atoms with Crippen LogP contribution in [0.5, 0.6) is 0 Å². The highest BCUT2D eigenvalue weighted by Crippen LogP contribution is 2.70. The molecular formula is C6H12O12P2. The van der Waals surface area contributed by atoms with Crippen LogP contribution in [0.3, 0.4) is 0 Å². The molecule has 0 aromatic carbocycles. The van der Waals surface area contributed by atoms with Crippen LogP contribution in [0.2, 0.25) is 0 Å². The number of hydrogen-bond acceptors (Lipinski definition) is 6. The summed E-state index contributed by atoms with van der Waals surface area (Å²) in [6, 6.07) is 0. The van der Waals surface area contributed by atoms with Gasteiger partial charge in [-0.1, -0.05) is 0 Å². The van der Waals surface area contributed by atoms with Crippen molar-refractivity contribution >= 4 is 27.5 Å². The predicted octanol–water partition coefficient (Wildman–Crippen LogP) is -0.184. The average molecular weight is 338 g/mol. The first-order chi connectivity index (χ1) is 8.73. The maximum Gasteiger partial charge on any atom is 0.506 e. The summed E-state index contributed by atoms with van der Waals surface area (Å²) in [7, 11) is -11.2. The van der Waals surface area contributed by atoms with Gasteiger partial charge in [-0.15, -0.1) is 0 Å². The van der Waals surface area contributed by atoms with Gasteiger partial charge in [-0.3, -0.25) is 9.13 Å². The molecule has 0 aliphatic heterocycles. The van der Waals surface area contributed by atoms with E-state index in [1.54, 1.807) is 0 Å². The van der Waals surface area contributed by atoms with Gasteiger partial charge in [-0.25, -0.2) is 9.59 Å². The molecule has 0 saturated carbocycles. The third-order valence-electron chi connectivity index (χ3n) is 2.39.